The van der Waals surface area contributed by atoms with Crippen molar-refractivity contribution in [2.75, 3.05) is 6.61 Å². The maximum Gasteiger partial charge on any atom is 0.335 e. The lowest BCUT2D eigenvalue weighted by atomic mass is 10.2. The molecule has 74 valence electrons. The van der Waals surface area contributed by atoms with Crippen LogP contribution in [0.3, 0.4) is 0 Å². The first-order valence-electron chi connectivity index (χ1n) is 3.95. The monoisotopic (exact) mass is 194 g/mol. The maximum atomic E-state index is 10.5. The lowest BCUT2D eigenvalue weighted by Gasteiger charge is -2.05. The van der Waals surface area contributed by atoms with Crippen LogP contribution in [0.15, 0.2) is 30.9 Å². The van der Waals surface area contributed by atoms with Gasteiger partial charge in [0, 0.05) is 0 Å². The summed E-state index contributed by atoms with van der Waals surface area (Å²) in [5, 5.41) is 18.0. The van der Waals surface area contributed by atoms with Gasteiger partial charge in [-0.15, -0.1) is 0 Å². The third kappa shape index (κ3) is 2.26. The van der Waals surface area contributed by atoms with E-state index in [0.29, 0.717) is 0 Å². The molecule has 14 heavy (non-hydrogen) atoms. The summed E-state index contributed by atoms with van der Waals surface area (Å²) in [7, 11) is 0. The molecule has 0 unspecified atom stereocenters. The first-order valence-corrected chi connectivity index (χ1v) is 3.95. The highest BCUT2D eigenvalue weighted by Crippen LogP contribution is 2.26. The van der Waals surface area contributed by atoms with Gasteiger partial charge in [-0.2, -0.15) is 0 Å². The van der Waals surface area contributed by atoms with Crippen molar-refractivity contribution in [1.29, 1.82) is 0 Å². The fourth-order valence-electron chi connectivity index (χ4n) is 0.921. The molecule has 4 nitrogen and oxygen atoms in total. The van der Waals surface area contributed by atoms with Gasteiger partial charge in [0.2, 0.25) is 0 Å². The Labute approximate surface area is 81.1 Å². The van der Waals surface area contributed by atoms with Crippen LogP contribution in [-0.2, 0) is 0 Å². The van der Waals surface area contributed by atoms with Gasteiger partial charge >= 0.3 is 5.97 Å². The van der Waals surface area contributed by atoms with E-state index in [1.165, 1.54) is 18.2 Å². The Morgan fingerprint density at radius 3 is 2.79 bits per heavy atom. The van der Waals surface area contributed by atoms with Gasteiger partial charge in [-0.05, 0) is 18.2 Å². The molecule has 0 atom stereocenters. The summed E-state index contributed by atoms with van der Waals surface area (Å²) in [5.41, 5.74) is 0.0217. The summed E-state index contributed by atoms with van der Waals surface area (Å²) in [6.07, 6.45) is 1.53. The molecule has 0 saturated heterocycles. The highest BCUT2D eigenvalue weighted by molar-refractivity contribution is 5.88. The number of hydrogen-bond donors (Lipinski definition) is 2. The zero-order valence-electron chi connectivity index (χ0n) is 7.43. The third-order valence-corrected chi connectivity index (χ3v) is 1.56. The maximum absolute atomic E-state index is 10.5. The number of phenolic OH excluding ortho intramolecular Hbond substituents is 1. The van der Waals surface area contributed by atoms with Crippen molar-refractivity contribution in [3.8, 4) is 11.5 Å². The highest BCUT2D eigenvalue weighted by atomic mass is 16.5. The SMILES string of the molecule is C=CCOc1ccc(C(=O)O)cc1O. The second kappa shape index (κ2) is 4.32. The topological polar surface area (TPSA) is 66.8 Å². The van der Waals surface area contributed by atoms with Gasteiger partial charge in [0.25, 0.3) is 0 Å². The minimum Gasteiger partial charge on any atom is -0.504 e. The van der Waals surface area contributed by atoms with E-state index in [9.17, 15) is 9.90 Å². The average Bonchev–Trinajstić information content (AvgIpc) is 2.15. The molecule has 0 aliphatic carbocycles. The Morgan fingerprint density at radius 2 is 2.29 bits per heavy atom. The zero-order valence-corrected chi connectivity index (χ0v) is 7.43. The van der Waals surface area contributed by atoms with Crippen LogP contribution in [0.5, 0.6) is 11.5 Å². The molecule has 0 saturated carbocycles. The number of aromatic carboxylic acids is 1. The zero-order chi connectivity index (χ0) is 10.6. The fraction of sp³-hybridized carbons (Fsp3) is 0.100. The summed E-state index contributed by atoms with van der Waals surface area (Å²) in [6, 6.07) is 3.91. The molecule has 1 rings (SSSR count). The summed E-state index contributed by atoms with van der Waals surface area (Å²) in [6.45, 7) is 3.71. The van der Waals surface area contributed by atoms with E-state index in [2.05, 4.69) is 6.58 Å². The molecule has 0 aromatic heterocycles. The van der Waals surface area contributed by atoms with Crippen LogP contribution in [-0.4, -0.2) is 22.8 Å². The average molecular weight is 194 g/mol. The molecular formula is C10H10O4. The standard InChI is InChI=1S/C10H10O4/c1-2-5-14-9-4-3-7(10(12)13)6-8(9)11/h2-4,6,11H,1,5H2,(H,12,13). The van der Waals surface area contributed by atoms with Gasteiger partial charge in [-0.3, -0.25) is 0 Å². The van der Waals surface area contributed by atoms with E-state index in [1.54, 1.807) is 0 Å². The molecule has 4 heteroatoms. The van der Waals surface area contributed by atoms with E-state index in [-0.39, 0.29) is 23.7 Å². The number of benzene rings is 1. The molecule has 0 amide bonds. The Hall–Kier alpha value is -1.97. The van der Waals surface area contributed by atoms with Crippen LogP contribution in [0.1, 0.15) is 10.4 Å². The van der Waals surface area contributed by atoms with Crippen molar-refractivity contribution < 1.29 is 19.7 Å². The van der Waals surface area contributed by atoms with Crippen LogP contribution in [0.2, 0.25) is 0 Å². The van der Waals surface area contributed by atoms with Gasteiger partial charge in [-0.25, -0.2) is 4.79 Å². The molecular weight excluding hydrogens is 184 g/mol. The fourth-order valence-corrected chi connectivity index (χ4v) is 0.921. The molecule has 0 aliphatic heterocycles. The van der Waals surface area contributed by atoms with E-state index in [0.717, 1.165) is 6.07 Å². The second-order valence-electron chi connectivity index (χ2n) is 2.59. The lowest BCUT2D eigenvalue weighted by molar-refractivity contribution is 0.0696. The molecule has 0 spiro atoms. The molecule has 0 fully saturated rings. The summed E-state index contributed by atoms with van der Waals surface area (Å²) in [5.74, 6) is -1.03. The van der Waals surface area contributed by atoms with Gasteiger partial charge in [0.05, 0.1) is 5.56 Å². The van der Waals surface area contributed by atoms with Crippen molar-refractivity contribution in [3.63, 3.8) is 0 Å². The van der Waals surface area contributed by atoms with Crippen molar-refractivity contribution in [2.24, 2.45) is 0 Å². The Bertz CT molecular complexity index is 357. The Kier molecular flexibility index (Phi) is 3.12. The lowest BCUT2D eigenvalue weighted by Crippen LogP contribution is -1.97. The molecule has 1 aromatic carbocycles. The van der Waals surface area contributed by atoms with Crippen LogP contribution < -0.4 is 4.74 Å². The molecule has 2 N–H and O–H groups in total. The number of rotatable bonds is 4. The quantitative estimate of drug-likeness (QED) is 0.715. The number of carbonyl (C=O) groups is 1. The van der Waals surface area contributed by atoms with Gasteiger partial charge in [0.1, 0.15) is 6.61 Å². The van der Waals surface area contributed by atoms with Crippen LogP contribution in [0.25, 0.3) is 0 Å². The predicted molar refractivity (Wildman–Crippen MR) is 50.8 cm³/mol. The summed E-state index contributed by atoms with van der Waals surface area (Å²) >= 11 is 0. The minimum absolute atomic E-state index is 0.0217. The minimum atomic E-state index is -1.09. The van der Waals surface area contributed by atoms with E-state index >= 15 is 0 Å². The Balaban J connectivity index is 2.89. The van der Waals surface area contributed by atoms with Crippen molar-refractivity contribution in [3.05, 3.63) is 36.4 Å². The molecule has 1 aromatic rings. The van der Waals surface area contributed by atoms with Gasteiger partial charge in [-0.1, -0.05) is 12.7 Å². The van der Waals surface area contributed by atoms with E-state index in [4.69, 9.17) is 9.84 Å². The molecule has 0 heterocycles. The number of phenols is 1. The van der Waals surface area contributed by atoms with Crippen LogP contribution >= 0.6 is 0 Å². The van der Waals surface area contributed by atoms with Crippen molar-refractivity contribution >= 4 is 5.97 Å². The van der Waals surface area contributed by atoms with Crippen molar-refractivity contribution in [2.45, 2.75) is 0 Å². The predicted octanol–water partition coefficient (Wildman–Crippen LogP) is 1.66. The summed E-state index contributed by atoms with van der Waals surface area (Å²) in [4.78, 5) is 10.5. The summed E-state index contributed by atoms with van der Waals surface area (Å²) < 4.78 is 5.06. The molecule has 0 aliphatic rings. The number of carboxylic acid groups (broad SMARTS) is 1. The second-order valence-corrected chi connectivity index (χ2v) is 2.59. The largest absolute Gasteiger partial charge is 0.504 e. The first kappa shape index (κ1) is 10.1. The normalized spacial score (nSPS) is 9.43. The first-order chi connectivity index (χ1) is 6.65. The van der Waals surface area contributed by atoms with E-state index in [1.807, 2.05) is 0 Å². The number of ether oxygens (including phenoxy) is 1. The van der Waals surface area contributed by atoms with Crippen molar-refractivity contribution in [1.82, 2.24) is 0 Å². The number of carboxylic acids is 1. The van der Waals surface area contributed by atoms with Gasteiger partial charge < -0.3 is 14.9 Å². The smallest absolute Gasteiger partial charge is 0.335 e. The van der Waals surface area contributed by atoms with Gasteiger partial charge in [0.15, 0.2) is 11.5 Å². The van der Waals surface area contributed by atoms with E-state index < -0.39 is 5.97 Å². The Morgan fingerprint density at radius 1 is 1.57 bits per heavy atom. The highest BCUT2D eigenvalue weighted by Gasteiger charge is 2.07. The van der Waals surface area contributed by atoms with Crippen LogP contribution in [0.4, 0.5) is 0 Å². The number of aromatic hydroxyl groups is 1. The third-order valence-electron chi connectivity index (χ3n) is 1.56. The molecule has 0 radical (unpaired) electrons. The van der Waals surface area contributed by atoms with Crippen LogP contribution in [0, 0.1) is 0 Å². The number of hydrogen-bond acceptors (Lipinski definition) is 3. The molecule has 0 bridgehead atoms.